The highest BCUT2D eigenvalue weighted by atomic mass is 32.2. The predicted octanol–water partition coefficient (Wildman–Crippen LogP) is -0.568. The van der Waals surface area contributed by atoms with E-state index < -0.39 is 21.7 Å². The van der Waals surface area contributed by atoms with Crippen LogP contribution in [0.4, 0.5) is 11.4 Å². The topological polar surface area (TPSA) is 137 Å². The average Bonchev–Trinajstić information content (AvgIpc) is 3.08. The second-order valence-electron chi connectivity index (χ2n) is 7.86. The van der Waals surface area contributed by atoms with Crippen LogP contribution in [0, 0.1) is 0 Å². The molecule has 0 atom stereocenters. The van der Waals surface area contributed by atoms with Crippen LogP contribution in [0.3, 0.4) is 0 Å². The number of ether oxygens (including phenoxy) is 1. The number of carbonyl (C=O) groups is 3. The number of hydrogen-bond donors (Lipinski definition) is 2. The van der Waals surface area contributed by atoms with Gasteiger partial charge in [-0.3, -0.25) is 9.59 Å². The molecule has 0 aliphatic carbocycles. The molecule has 2 amide bonds. The molecule has 0 spiro atoms. The maximum Gasteiger partial charge on any atom is 0.337 e. The van der Waals surface area contributed by atoms with Gasteiger partial charge in [-0.05, 0) is 18.2 Å². The Balaban J connectivity index is 2.01. The third-order valence-corrected chi connectivity index (χ3v) is 6.79. The van der Waals surface area contributed by atoms with Gasteiger partial charge >= 0.3 is 5.97 Å². The van der Waals surface area contributed by atoms with Crippen molar-refractivity contribution in [3.63, 3.8) is 0 Å². The molecule has 0 bridgehead atoms. The van der Waals surface area contributed by atoms with E-state index in [2.05, 4.69) is 5.32 Å². The lowest BCUT2D eigenvalue weighted by atomic mass is 10.2. The van der Waals surface area contributed by atoms with Gasteiger partial charge in [0.2, 0.25) is 5.91 Å². The quantitative estimate of drug-likeness (QED) is 0.492. The van der Waals surface area contributed by atoms with Crippen molar-refractivity contribution in [3.05, 3.63) is 29.5 Å². The van der Waals surface area contributed by atoms with Crippen LogP contribution < -0.4 is 10.2 Å². The second-order valence-corrected chi connectivity index (χ2v) is 9.88. The molecule has 180 valence electrons. The van der Waals surface area contributed by atoms with E-state index >= 15 is 0 Å². The lowest BCUT2D eigenvalue weighted by Gasteiger charge is -2.36. The number of amides is 2. The normalized spacial score (nSPS) is 17.0. The summed E-state index contributed by atoms with van der Waals surface area (Å²) >= 11 is 0. The zero-order valence-electron chi connectivity index (χ0n) is 18.8. The molecule has 2 heterocycles. The van der Waals surface area contributed by atoms with Crippen LogP contribution in [0.2, 0.25) is 0 Å². The molecule has 0 aromatic heterocycles. The Morgan fingerprint density at radius 1 is 1.18 bits per heavy atom. The molecule has 2 aliphatic rings. The maximum absolute atomic E-state index is 12.9. The van der Waals surface area contributed by atoms with Gasteiger partial charge in [-0.15, -0.1) is 0 Å². The fourth-order valence-electron chi connectivity index (χ4n) is 3.87. The Bertz CT molecular complexity index is 1090. The van der Waals surface area contributed by atoms with E-state index in [4.69, 9.17) is 4.74 Å². The van der Waals surface area contributed by atoms with E-state index in [9.17, 15) is 27.9 Å². The minimum absolute atomic E-state index is 0.0196. The minimum Gasteiger partial charge on any atom is -0.466 e. The van der Waals surface area contributed by atoms with Gasteiger partial charge in [-0.25, -0.2) is 13.2 Å². The zero-order chi connectivity index (χ0) is 24.3. The molecular formula is C21H28N4O7S. The number of piperazine rings is 1. The van der Waals surface area contributed by atoms with Crippen molar-refractivity contribution < 1.29 is 32.6 Å². The lowest BCUT2D eigenvalue weighted by Crippen LogP contribution is -2.48. The molecule has 33 heavy (non-hydrogen) atoms. The number of aliphatic hydroxyl groups is 1. The smallest absolute Gasteiger partial charge is 0.337 e. The summed E-state index contributed by atoms with van der Waals surface area (Å²) in [6.07, 6.45) is 1.08. The third kappa shape index (κ3) is 5.28. The third-order valence-electron chi connectivity index (χ3n) is 5.68. The first kappa shape index (κ1) is 24.5. The Morgan fingerprint density at radius 3 is 2.39 bits per heavy atom. The van der Waals surface area contributed by atoms with Crippen molar-refractivity contribution in [2.75, 3.05) is 69.5 Å². The Kier molecular flexibility index (Phi) is 7.28. The summed E-state index contributed by atoms with van der Waals surface area (Å²) in [5.41, 5.74) is 1.04. The van der Waals surface area contributed by atoms with E-state index in [-0.39, 0.29) is 41.8 Å². The number of nitrogens with zero attached hydrogens (tertiary/aromatic N) is 3. The van der Waals surface area contributed by atoms with Crippen molar-refractivity contribution in [1.29, 1.82) is 0 Å². The number of rotatable bonds is 7. The van der Waals surface area contributed by atoms with Gasteiger partial charge < -0.3 is 29.9 Å². The monoisotopic (exact) mass is 480 g/mol. The van der Waals surface area contributed by atoms with Gasteiger partial charge in [0.25, 0.3) is 5.91 Å². The SMILES string of the molecule is COC(=O)C1=C(Nc2cc(S(C)(=O)=O)ccc2N2CCN(C(C)=O)CC2)C(=O)N(CCO)C1. The first-order chi connectivity index (χ1) is 15.6. The van der Waals surface area contributed by atoms with Gasteiger partial charge in [0.15, 0.2) is 9.84 Å². The van der Waals surface area contributed by atoms with Gasteiger partial charge in [0.05, 0.1) is 42.1 Å². The van der Waals surface area contributed by atoms with Gasteiger partial charge in [-0.2, -0.15) is 0 Å². The van der Waals surface area contributed by atoms with E-state index in [1.54, 1.807) is 11.0 Å². The van der Waals surface area contributed by atoms with Crippen LogP contribution in [-0.4, -0.2) is 100 Å². The number of esters is 1. The fourth-order valence-corrected chi connectivity index (χ4v) is 4.51. The molecule has 11 nitrogen and oxygen atoms in total. The number of nitrogens with one attached hydrogen (secondary N) is 1. The number of hydrogen-bond acceptors (Lipinski definition) is 9. The molecule has 2 N–H and O–H groups in total. The largest absolute Gasteiger partial charge is 0.466 e. The van der Waals surface area contributed by atoms with E-state index in [1.165, 1.54) is 31.1 Å². The van der Waals surface area contributed by atoms with Crippen LogP contribution in [0.1, 0.15) is 6.92 Å². The first-order valence-corrected chi connectivity index (χ1v) is 12.3. The maximum atomic E-state index is 12.9. The van der Waals surface area contributed by atoms with Crippen molar-refractivity contribution in [3.8, 4) is 0 Å². The molecule has 0 unspecified atom stereocenters. The summed E-state index contributed by atoms with van der Waals surface area (Å²) < 4.78 is 29.2. The number of benzene rings is 1. The molecule has 0 saturated carbocycles. The van der Waals surface area contributed by atoms with Crippen LogP contribution in [-0.2, 0) is 29.0 Å². The molecule has 1 fully saturated rings. The number of anilines is 2. The Labute approximate surface area is 192 Å². The Hall–Kier alpha value is -3.12. The number of sulfone groups is 1. The summed E-state index contributed by atoms with van der Waals surface area (Å²) in [6, 6.07) is 4.55. The van der Waals surface area contributed by atoms with Crippen LogP contribution in [0.15, 0.2) is 34.4 Å². The fraction of sp³-hybridized carbons (Fsp3) is 0.476. The van der Waals surface area contributed by atoms with Gasteiger partial charge in [0.1, 0.15) is 5.70 Å². The van der Waals surface area contributed by atoms with Crippen LogP contribution >= 0.6 is 0 Å². The van der Waals surface area contributed by atoms with Gasteiger partial charge in [-0.1, -0.05) is 0 Å². The van der Waals surface area contributed by atoms with Crippen molar-refractivity contribution >= 4 is 39.0 Å². The number of aliphatic hydroxyl groups excluding tert-OH is 1. The highest BCUT2D eigenvalue weighted by Gasteiger charge is 2.35. The predicted molar refractivity (Wildman–Crippen MR) is 120 cm³/mol. The van der Waals surface area contributed by atoms with E-state index in [1.807, 2.05) is 4.90 Å². The lowest BCUT2D eigenvalue weighted by molar-refractivity contribution is -0.136. The molecule has 12 heteroatoms. The first-order valence-electron chi connectivity index (χ1n) is 10.4. The summed E-state index contributed by atoms with van der Waals surface area (Å²) in [6.45, 7) is 3.27. The minimum atomic E-state index is -3.54. The van der Waals surface area contributed by atoms with Gasteiger partial charge in [0, 0.05) is 45.9 Å². The molecule has 1 aromatic carbocycles. The van der Waals surface area contributed by atoms with Crippen molar-refractivity contribution in [2.45, 2.75) is 11.8 Å². The summed E-state index contributed by atoms with van der Waals surface area (Å²) in [5.74, 6) is -1.21. The average molecular weight is 481 g/mol. The zero-order valence-corrected chi connectivity index (χ0v) is 19.6. The summed E-state index contributed by atoms with van der Waals surface area (Å²) in [7, 11) is -2.34. The number of methoxy groups -OCH3 is 1. The van der Waals surface area contributed by atoms with Crippen molar-refractivity contribution in [1.82, 2.24) is 9.80 Å². The molecule has 0 radical (unpaired) electrons. The molecular weight excluding hydrogens is 452 g/mol. The molecule has 2 aliphatic heterocycles. The second kappa shape index (κ2) is 9.79. The Morgan fingerprint density at radius 2 is 1.85 bits per heavy atom. The van der Waals surface area contributed by atoms with E-state index in [0.717, 1.165) is 6.26 Å². The number of carbonyl (C=O) groups excluding carboxylic acids is 3. The highest BCUT2D eigenvalue weighted by molar-refractivity contribution is 7.90. The van der Waals surface area contributed by atoms with E-state index in [0.29, 0.717) is 37.6 Å². The molecule has 1 aromatic rings. The summed E-state index contributed by atoms with van der Waals surface area (Å²) in [4.78, 5) is 42.0. The highest BCUT2D eigenvalue weighted by Crippen LogP contribution is 2.33. The molecule has 3 rings (SSSR count). The van der Waals surface area contributed by atoms with Crippen LogP contribution in [0.5, 0.6) is 0 Å². The van der Waals surface area contributed by atoms with Crippen molar-refractivity contribution in [2.24, 2.45) is 0 Å². The summed E-state index contributed by atoms with van der Waals surface area (Å²) in [5, 5.41) is 12.2. The molecule has 1 saturated heterocycles. The standard InChI is InChI=1S/C21H28N4O7S/c1-14(27)23-6-8-24(9-7-23)18-5-4-15(33(3,30)31)12-17(18)22-19-16(21(29)32-2)13-25(10-11-26)20(19)28/h4-5,12,22,26H,6-11,13H2,1-3H3. The number of β-amino-alcohol motifs (C(OH)–C–C–N with tert-alkyl or cyclic N) is 1. The van der Waals surface area contributed by atoms with Crippen LogP contribution in [0.25, 0.3) is 0 Å².